The van der Waals surface area contributed by atoms with E-state index in [0.29, 0.717) is 12.1 Å². The van der Waals surface area contributed by atoms with Crippen molar-refractivity contribution in [3.8, 4) is 17.3 Å². The maximum atomic E-state index is 12.3. The molecule has 5 nitrogen and oxygen atoms in total. The SMILES string of the molecule is Cc1nc(-c2ccc(NC(=O)N(C)Cc3ccc(C#N)cc3)cc2)cs1. The number of rotatable bonds is 4. The van der Waals surface area contributed by atoms with E-state index in [2.05, 4.69) is 16.4 Å². The molecule has 0 aliphatic carbocycles. The molecule has 0 bridgehead atoms. The summed E-state index contributed by atoms with van der Waals surface area (Å²) in [5.74, 6) is 0. The second kappa shape index (κ2) is 7.81. The predicted molar refractivity (Wildman–Crippen MR) is 104 cm³/mol. The second-order valence-electron chi connectivity index (χ2n) is 5.92. The molecule has 6 heteroatoms. The molecular weight excluding hydrogens is 344 g/mol. The Balaban J connectivity index is 1.60. The van der Waals surface area contributed by atoms with Crippen LogP contribution in [0, 0.1) is 18.3 Å². The van der Waals surface area contributed by atoms with Crippen molar-refractivity contribution >= 4 is 23.1 Å². The van der Waals surface area contributed by atoms with Gasteiger partial charge in [-0.1, -0.05) is 24.3 Å². The first-order valence-electron chi connectivity index (χ1n) is 8.09. The number of urea groups is 1. The summed E-state index contributed by atoms with van der Waals surface area (Å²) in [6, 6.07) is 16.7. The summed E-state index contributed by atoms with van der Waals surface area (Å²) in [6.07, 6.45) is 0. The van der Waals surface area contributed by atoms with Crippen LogP contribution in [0.25, 0.3) is 11.3 Å². The van der Waals surface area contributed by atoms with Crippen molar-refractivity contribution in [3.05, 3.63) is 70.0 Å². The molecule has 0 fully saturated rings. The van der Waals surface area contributed by atoms with Crippen LogP contribution in [0.2, 0.25) is 0 Å². The minimum atomic E-state index is -0.188. The van der Waals surface area contributed by atoms with Gasteiger partial charge in [-0.15, -0.1) is 11.3 Å². The number of thiazole rings is 1. The number of carbonyl (C=O) groups excluding carboxylic acids is 1. The number of benzene rings is 2. The van der Waals surface area contributed by atoms with Crippen LogP contribution in [0.4, 0.5) is 10.5 Å². The van der Waals surface area contributed by atoms with Gasteiger partial charge in [0, 0.05) is 30.2 Å². The number of nitrogens with zero attached hydrogens (tertiary/aromatic N) is 3. The molecule has 1 N–H and O–H groups in total. The van der Waals surface area contributed by atoms with Crippen LogP contribution in [-0.2, 0) is 6.54 Å². The van der Waals surface area contributed by atoms with E-state index in [-0.39, 0.29) is 6.03 Å². The van der Waals surface area contributed by atoms with E-state index >= 15 is 0 Å². The molecule has 0 radical (unpaired) electrons. The number of hydrogen-bond donors (Lipinski definition) is 1. The Morgan fingerprint density at radius 1 is 1.19 bits per heavy atom. The van der Waals surface area contributed by atoms with Gasteiger partial charge in [0.05, 0.1) is 22.3 Å². The summed E-state index contributed by atoms with van der Waals surface area (Å²) in [5.41, 5.74) is 4.28. The van der Waals surface area contributed by atoms with E-state index in [4.69, 9.17) is 5.26 Å². The Morgan fingerprint density at radius 2 is 1.88 bits per heavy atom. The zero-order valence-electron chi connectivity index (χ0n) is 14.6. The Bertz CT molecular complexity index is 939. The number of nitriles is 1. The van der Waals surface area contributed by atoms with E-state index in [1.807, 2.05) is 48.7 Å². The predicted octanol–water partition coefficient (Wildman–Crippen LogP) is 4.65. The number of carbonyl (C=O) groups is 1. The molecule has 0 saturated heterocycles. The fourth-order valence-corrected chi connectivity index (χ4v) is 3.09. The molecule has 0 saturated carbocycles. The Morgan fingerprint density at radius 3 is 2.46 bits per heavy atom. The van der Waals surface area contributed by atoms with Crippen LogP contribution in [0.1, 0.15) is 16.1 Å². The highest BCUT2D eigenvalue weighted by Gasteiger charge is 2.10. The molecule has 2 aromatic carbocycles. The van der Waals surface area contributed by atoms with Crippen LogP contribution >= 0.6 is 11.3 Å². The maximum absolute atomic E-state index is 12.3. The fraction of sp³-hybridized carbons (Fsp3) is 0.150. The zero-order chi connectivity index (χ0) is 18.5. The average Bonchev–Trinajstić information content (AvgIpc) is 3.09. The van der Waals surface area contributed by atoms with Gasteiger partial charge in [0.1, 0.15) is 0 Å². The minimum Gasteiger partial charge on any atom is -0.323 e. The summed E-state index contributed by atoms with van der Waals surface area (Å²) in [6.45, 7) is 2.44. The van der Waals surface area contributed by atoms with E-state index in [1.165, 1.54) is 0 Å². The monoisotopic (exact) mass is 362 g/mol. The molecule has 0 spiro atoms. The highest BCUT2D eigenvalue weighted by atomic mass is 32.1. The van der Waals surface area contributed by atoms with Crippen LogP contribution in [0.5, 0.6) is 0 Å². The first-order valence-corrected chi connectivity index (χ1v) is 8.97. The molecule has 2 amide bonds. The first-order chi connectivity index (χ1) is 12.5. The number of amides is 2. The van der Waals surface area contributed by atoms with E-state index in [9.17, 15) is 4.79 Å². The molecule has 1 heterocycles. The quantitative estimate of drug-likeness (QED) is 0.734. The van der Waals surface area contributed by atoms with Crippen molar-refractivity contribution in [2.45, 2.75) is 13.5 Å². The van der Waals surface area contributed by atoms with Gasteiger partial charge in [0.25, 0.3) is 0 Å². The summed E-state index contributed by atoms with van der Waals surface area (Å²) >= 11 is 1.62. The van der Waals surface area contributed by atoms with Crippen molar-refractivity contribution in [1.82, 2.24) is 9.88 Å². The van der Waals surface area contributed by atoms with Crippen LogP contribution in [0.15, 0.2) is 53.9 Å². The third-order valence-corrected chi connectivity index (χ3v) is 4.67. The van der Waals surface area contributed by atoms with Gasteiger partial charge < -0.3 is 10.2 Å². The Kier molecular flexibility index (Phi) is 5.30. The van der Waals surface area contributed by atoms with E-state index < -0.39 is 0 Å². The van der Waals surface area contributed by atoms with Crippen LogP contribution < -0.4 is 5.32 Å². The summed E-state index contributed by atoms with van der Waals surface area (Å²) in [7, 11) is 1.74. The smallest absolute Gasteiger partial charge is 0.321 e. The maximum Gasteiger partial charge on any atom is 0.321 e. The molecule has 0 unspecified atom stereocenters. The van der Waals surface area contributed by atoms with Crippen LogP contribution in [0.3, 0.4) is 0 Å². The minimum absolute atomic E-state index is 0.188. The van der Waals surface area contributed by atoms with Crippen molar-refractivity contribution in [3.63, 3.8) is 0 Å². The molecule has 0 aliphatic rings. The second-order valence-corrected chi connectivity index (χ2v) is 6.99. The lowest BCUT2D eigenvalue weighted by molar-refractivity contribution is 0.220. The van der Waals surface area contributed by atoms with Gasteiger partial charge in [-0.3, -0.25) is 0 Å². The highest BCUT2D eigenvalue weighted by molar-refractivity contribution is 7.09. The van der Waals surface area contributed by atoms with Crippen molar-refractivity contribution in [2.75, 3.05) is 12.4 Å². The molecule has 3 aromatic rings. The number of anilines is 1. The fourth-order valence-electron chi connectivity index (χ4n) is 2.47. The largest absolute Gasteiger partial charge is 0.323 e. The molecular formula is C20H18N4OS. The summed E-state index contributed by atoms with van der Waals surface area (Å²) in [5, 5.41) is 14.8. The molecule has 26 heavy (non-hydrogen) atoms. The lowest BCUT2D eigenvalue weighted by atomic mass is 10.1. The molecule has 0 aliphatic heterocycles. The summed E-state index contributed by atoms with van der Waals surface area (Å²) < 4.78 is 0. The summed E-state index contributed by atoms with van der Waals surface area (Å²) in [4.78, 5) is 18.4. The third kappa shape index (κ3) is 4.26. The number of nitrogens with one attached hydrogen (secondary N) is 1. The molecule has 0 atom stereocenters. The van der Waals surface area contributed by atoms with Gasteiger partial charge in [-0.25, -0.2) is 9.78 Å². The van der Waals surface area contributed by atoms with E-state index in [1.54, 1.807) is 35.4 Å². The zero-order valence-corrected chi connectivity index (χ0v) is 15.4. The normalized spacial score (nSPS) is 10.2. The highest BCUT2D eigenvalue weighted by Crippen LogP contribution is 2.23. The molecule has 3 rings (SSSR count). The lowest BCUT2D eigenvalue weighted by Gasteiger charge is -2.18. The lowest BCUT2D eigenvalue weighted by Crippen LogP contribution is -2.30. The van der Waals surface area contributed by atoms with E-state index in [0.717, 1.165) is 27.5 Å². The number of hydrogen-bond acceptors (Lipinski definition) is 4. The number of aromatic nitrogens is 1. The third-order valence-electron chi connectivity index (χ3n) is 3.90. The van der Waals surface area contributed by atoms with Gasteiger partial charge in [0.2, 0.25) is 0 Å². The number of aryl methyl sites for hydroxylation is 1. The average molecular weight is 362 g/mol. The van der Waals surface area contributed by atoms with Gasteiger partial charge >= 0.3 is 6.03 Å². The van der Waals surface area contributed by atoms with Gasteiger partial charge in [-0.2, -0.15) is 5.26 Å². The first kappa shape index (κ1) is 17.6. The molecule has 1 aromatic heterocycles. The van der Waals surface area contributed by atoms with Gasteiger partial charge in [-0.05, 0) is 36.8 Å². The standard InChI is InChI=1S/C20H18N4OS/c1-14-22-19(13-26-14)17-7-9-18(10-8-17)23-20(25)24(2)12-16-5-3-15(11-21)4-6-16/h3-10,13H,12H2,1-2H3,(H,23,25). The Hall–Kier alpha value is -3.17. The van der Waals surface area contributed by atoms with Crippen molar-refractivity contribution in [1.29, 1.82) is 5.26 Å². The van der Waals surface area contributed by atoms with Crippen molar-refractivity contribution < 1.29 is 4.79 Å². The Labute approximate surface area is 156 Å². The van der Waals surface area contributed by atoms with Gasteiger partial charge in [0.15, 0.2) is 0 Å². The van der Waals surface area contributed by atoms with Crippen LogP contribution in [-0.4, -0.2) is 23.0 Å². The molecule has 130 valence electrons. The topological polar surface area (TPSA) is 69.0 Å². The van der Waals surface area contributed by atoms with Crippen molar-refractivity contribution in [2.24, 2.45) is 0 Å².